The van der Waals surface area contributed by atoms with Crippen LogP contribution in [0.1, 0.15) is 35.2 Å². The van der Waals surface area contributed by atoms with Gasteiger partial charge in [-0.3, -0.25) is 14.8 Å². The Kier molecular flexibility index (Phi) is 5.81. The fourth-order valence-electron chi connectivity index (χ4n) is 4.20. The number of nitrogens with zero attached hydrogens (tertiary/aromatic N) is 3. The van der Waals surface area contributed by atoms with Gasteiger partial charge in [-0.25, -0.2) is 5.01 Å². The van der Waals surface area contributed by atoms with Crippen molar-refractivity contribution in [2.75, 3.05) is 6.54 Å². The van der Waals surface area contributed by atoms with Gasteiger partial charge in [0, 0.05) is 13.1 Å². The molecule has 2 aliphatic heterocycles. The van der Waals surface area contributed by atoms with E-state index < -0.39 is 29.7 Å². The predicted octanol–water partition coefficient (Wildman–Crippen LogP) is 4.29. The first-order valence-electron chi connectivity index (χ1n) is 10.5. The highest BCUT2D eigenvalue weighted by Crippen LogP contribution is 2.41. The van der Waals surface area contributed by atoms with Gasteiger partial charge in [-0.15, -0.1) is 0 Å². The average Bonchev–Trinajstić information content (AvgIpc) is 3.11. The third kappa shape index (κ3) is 4.27. The molecule has 0 spiro atoms. The topological polar surface area (TPSA) is 61.9 Å². The summed E-state index contributed by atoms with van der Waals surface area (Å²) in [6, 6.07) is 14.0. The van der Waals surface area contributed by atoms with Crippen molar-refractivity contribution in [1.82, 2.24) is 10.0 Å². The summed E-state index contributed by atoms with van der Waals surface area (Å²) in [7, 11) is 0. The molecule has 2 N–H and O–H groups in total. The molecule has 1 fully saturated rings. The van der Waals surface area contributed by atoms with Crippen molar-refractivity contribution < 1.29 is 18.0 Å². The molecule has 2 heterocycles. The molecule has 0 aliphatic carbocycles. The number of carbonyl (C=O) groups excluding carboxylic acids is 1. The van der Waals surface area contributed by atoms with Gasteiger partial charge < -0.3 is 5.73 Å². The van der Waals surface area contributed by atoms with Gasteiger partial charge in [0.15, 0.2) is 0 Å². The highest BCUT2D eigenvalue weighted by molar-refractivity contribution is 6.05. The van der Waals surface area contributed by atoms with E-state index >= 15 is 0 Å². The normalized spacial score (nSPS) is 21.2. The molecule has 0 radical (unpaired) electrons. The van der Waals surface area contributed by atoms with Crippen LogP contribution in [0.15, 0.2) is 65.3 Å². The Morgan fingerprint density at radius 2 is 1.88 bits per heavy atom. The summed E-state index contributed by atoms with van der Waals surface area (Å²) in [5.41, 5.74) is 8.30. The highest BCUT2D eigenvalue weighted by atomic mass is 19.4. The molecule has 2 atom stereocenters. The van der Waals surface area contributed by atoms with E-state index in [-0.39, 0.29) is 18.9 Å². The molecule has 1 saturated heterocycles. The maximum atomic E-state index is 14.2. The van der Waals surface area contributed by atoms with Crippen molar-refractivity contribution in [3.8, 4) is 0 Å². The molecular formula is C24H25F3N4O. The van der Waals surface area contributed by atoms with Crippen LogP contribution in [0.5, 0.6) is 0 Å². The summed E-state index contributed by atoms with van der Waals surface area (Å²) < 4.78 is 42.6. The standard InChI is InChI=1S/C24H25F3N4O/c1-3-16-7-9-18(10-8-16)20-12-21(24(25,26)27)31-23(29-20)19(22(28)32)14-30(31)13-17-6-4-5-15(2)11-17/h4-12,19-20H,3,13-14H2,1-2H3,(H2,28,32). The van der Waals surface area contributed by atoms with E-state index in [1.807, 2.05) is 50.2 Å². The number of amides is 1. The Labute approximate surface area is 185 Å². The summed E-state index contributed by atoms with van der Waals surface area (Å²) in [6.45, 7) is 4.17. The number of hydrogen-bond acceptors (Lipinski definition) is 4. The van der Waals surface area contributed by atoms with Crippen LogP contribution in [0, 0.1) is 12.8 Å². The van der Waals surface area contributed by atoms with Crippen LogP contribution >= 0.6 is 0 Å². The van der Waals surface area contributed by atoms with Crippen molar-refractivity contribution in [3.63, 3.8) is 0 Å². The first-order valence-corrected chi connectivity index (χ1v) is 10.5. The average molecular weight is 442 g/mol. The van der Waals surface area contributed by atoms with E-state index in [4.69, 9.17) is 5.73 Å². The van der Waals surface area contributed by atoms with Gasteiger partial charge >= 0.3 is 6.18 Å². The minimum atomic E-state index is -4.62. The number of allylic oxidation sites excluding steroid dienone is 1. The molecule has 8 heteroatoms. The zero-order chi connectivity index (χ0) is 23.0. The van der Waals surface area contributed by atoms with E-state index in [9.17, 15) is 18.0 Å². The molecule has 1 amide bonds. The van der Waals surface area contributed by atoms with E-state index in [0.717, 1.165) is 34.2 Å². The lowest BCUT2D eigenvalue weighted by atomic mass is 10.0. The Morgan fingerprint density at radius 3 is 2.47 bits per heavy atom. The first kappa shape index (κ1) is 22.1. The Hall–Kier alpha value is -3.13. The lowest BCUT2D eigenvalue weighted by Gasteiger charge is -2.36. The van der Waals surface area contributed by atoms with Gasteiger partial charge in [0.1, 0.15) is 17.5 Å². The Balaban J connectivity index is 1.76. The van der Waals surface area contributed by atoms with E-state index in [0.29, 0.717) is 5.56 Å². The van der Waals surface area contributed by atoms with Crippen LogP contribution in [0.4, 0.5) is 13.2 Å². The van der Waals surface area contributed by atoms with Crippen LogP contribution in [0.2, 0.25) is 0 Å². The number of primary amides is 1. The van der Waals surface area contributed by atoms with Crippen molar-refractivity contribution >= 4 is 11.7 Å². The van der Waals surface area contributed by atoms with Crippen LogP contribution in [-0.2, 0) is 17.8 Å². The number of hydrazine groups is 1. The Morgan fingerprint density at radius 1 is 1.16 bits per heavy atom. The van der Waals surface area contributed by atoms with Gasteiger partial charge in [-0.05, 0) is 36.1 Å². The number of aryl methyl sites for hydroxylation is 2. The van der Waals surface area contributed by atoms with Crippen LogP contribution < -0.4 is 5.73 Å². The highest BCUT2D eigenvalue weighted by Gasteiger charge is 2.50. The van der Waals surface area contributed by atoms with E-state index in [1.165, 1.54) is 5.01 Å². The predicted molar refractivity (Wildman–Crippen MR) is 116 cm³/mol. The third-order valence-electron chi connectivity index (χ3n) is 5.83. The van der Waals surface area contributed by atoms with Gasteiger partial charge in [0.05, 0.1) is 6.04 Å². The first-order chi connectivity index (χ1) is 15.2. The smallest absolute Gasteiger partial charge is 0.369 e. The summed E-state index contributed by atoms with van der Waals surface area (Å²) in [5, 5.41) is 2.54. The van der Waals surface area contributed by atoms with Crippen LogP contribution in [-0.4, -0.2) is 34.5 Å². The number of alkyl halides is 3. The number of rotatable bonds is 5. The molecule has 0 aromatic heterocycles. The summed E-state index contributed by atoms with van der Waals surface area (Å²) in [6.07, 6.45) is -2.67. The molecule has 2 aromatic rings. The quantitative estimate of drug-likeness (QED) is 0.752. The monoisotopic (exact) mass is 442 g/mol. The largest absolute Gasteiger partial charge is 0.432 e. The van der Waals surface area contributed by atoms with Crippen LogP contribution in [0.25, 0.3) is 0 Å². The summed E-state index contributed by atoms with van der Waals surface area (Å²) in [4.78, 5) is 16.7. The summed E-state index contributed by atoms with van der Waals surface area (Å²) in [5.74, 6) is -1.57. The molecule has 5 nitrogen and oxygen atoms in total. The zero-order valence-corrected chi connectivity index (χ0v) is 17.9. The van der Waals surface area contributed by atoms with Crippen LogP contribution in [0.3, 0.4) is 0 Å². The lowest BCUT2D eigenvalue weighted by Crippen LogP contribution is -2.45. The number of benzene rings is 2. The molecule has 32 heavy (non-hydrogen) atoms. The van der Waals surface area contributed by atoms with Gasteiger partial charge in [0.2, 0.25) is 5.91 Å². The maximum Gasteiger partial charge on any atom is 0.432 e. The molecule has 4 rings (SSSR count). The molecule has 0 saturated carbocycles. The number of carbonyl (C=O) groups is 1. The minimum Gasteiger partial charge on any atom is -0.369 e. The number of hydrogen-bond donors (Lipinski definition) is 1. The second-order valence-electron chi connectivity index (χ2n) is 8.18. The second-order valence-corrected chi connectivity index (χ2v) is 8.18. The Bertz CT molecular complexity index is 1080. The molecular weight excluding hydrogens is 417 g/mol. The number of amidine groups is 1. The van der Waals surface area contributed by atoms with Crippen molar-refractivity contribution in [3.05, 3.63) is 82.6 Å². The van der Waals surface area contributed by atoms with Crippen molar-refractivity contribution in [2.24, 2.45) is 16.6 Å². The van der Waals surface area contributed by atoms with Gasteiger partial charge in [0.25, 0.3) is 0 Å². The fraction of sp³-hybridized carbons (Fsp3) is 0.333. The molecule has 168 valence electrons. The summed E-state index contributed by atoms with van der Waals surface area (Å²) >= 11 is 0. The molecule has 0 bridgehead atoms. The van der Waals surface area contributed by atoms with Gasteiger partial charge in [-0.2, -0.15) is 13.2 Å². The van der Waals surface area contributed by atoms with E-state index in [1.54, 1.807) is 12.1 Å². The number of halogens is 3. The fourth-order valence-corrected chi connectivity index (χ4v) is 4.20. The number of aliphatic imine (C=N–C) groups is 1. The van der Waals surface area contributed by atoms with Gasteiger partial charge in [-0.1, -0.05) is 61.0 Å². The molecule has 2 aromatic carbocycles. The van der Waals surface area contributed by atoms with E-state index in [2.05, 4.69) is 4.99 Å². The molecule has 2 aliphatic rings. The zero-order valence-electron chi connectivity index (χ0n) is 17.9. The van der Waals surface area contributed by atoms with Crippen molar-refractivity contribution in [1.29, 1.82) is 0 Å². The van der Waals surface area contributed by atoms with Crippen molar-refractivity contribution in [2.45, 2.75) is 39.0 Å². The maximum absolute atomic E-state index is 14.2. The SMILES string of the molecule is CCc1ccc(C2C=C(C(F)(F)F)N3C(=N2)C(C(N)=O)CN3Cc2cccc(C)c2)cc1. The minimum absolute atomic E-state index is 0.0387. The number of fused-ring (bicyclic) bond motifs is 1. The third-order valence-corrected chi connectivity index (χ3v) is 5.83. The molecule has 2 unspecified atom stereocenters. The second kappa shape index (κ2) is 8.43. The number of nitrogens with two attached hydrogens (primary N) is 1. The lowest BCUT2D eigenvalue weighted by molar-refractivity contribution is -0.124.